The van der Waals surface area contributed by atoms with Crippen LogP contribution in [0.4, 0.5) is 0 Å². The Hall–Kier alpha value is -1.88. The minimum absolute atomic E-state index is 0.359. The molecule has 0 saturated heterocycles. The normalized spacial score (nSPS) is 10.1. The summed E-state index contributed by atoms with van der Waals surface area (Å²) in [7, 11) is 0. The number of amides is 2. The minimum Gasteiger partial charge on any atom is -0.382 e. The van der Waals surface area contributed by atoms with E-state index in [4.69, 9.17) is 4.74 Å². The molecule has 0 bridgehead atoms. The molecule has 5 nitrogen and oxygen atoms in total. The fraction of sp³-hybridized carbons (Fsp3) is 0.467. The molecule has 0 radical (unpaired) electrons. The van der Waals surface area contributed by atoms with E-state index in [1.807, 2.05) is 38.1 Å². The molecule has 2 amide bonds. The van der Waals surface area contributed by atoms with E-state index < -0.39 is 11.8 Å². The van der Waals surface area contributed by atoms with Crippen molar-refractivity contribution in [2.75, 3.05) is 19.8 Å². The van der Waals surface area contributed by atoms with Crippen molar-refractivity contribution >= 4 is 11.8 Å². The molecular weight excluding hydrogens is 256 g/mol. The standard InChI is InChI=1S/C15H22N2O3/c1-3-20-10-6-9-16-14(18)15(19)17-11-13-8-5-4-7-12(13)2/h4-5,7-8H,3,6,9-11H2,1-2H3,(H,16,18)(H,17,19). The molecular formula is C15H22N2O3. The van der Waals surface area contributed by atoms with Gasteiger partial charge in [0.05, 0.1) is 0 Å². The van der Waals surface area contributed by atoms with Crippen molar-refractivity contribution in [3.63, 3.8) is 0 Å². The average Bonchev–Trinajstić information content (AvgIpc) is 2.45. The Bertz CT molecular complexity index is 446. The summed E-state index contributed by atoms with van der Waals surface area (Å²) in [5, 5.41) is 5.17. The third-order valence-electron chi connectivity index (χ3n) is 2.86. The monoisotopic (exact) mass is 278 g/mol. The summed E-state index contributed by atoms with van der Waals surface area (Å²) in [5.41, 5.74) is 2.09. The first-order valence-electron chi connectivity index (χ1n) is 6.83. The third-order valence-corrected chi connectivity index (χ3v) is 2.86. The maximum atomic E-state index is 11.6. The average molecular weight is 278 g/mol. The Morgan fingerprint density at radius 3 is 2.55 bits per heavy atom. The summed E-state index contributed by atoms with van der Waals surface area (Å²) in [6.07, 6.45) is 0.699. The van der Waals surface area contributed by atoms with Crippen molar-refractivity contribution in [2.24, 2.45) is 0 Å². The molecule has 0 heterocycles. The minimum atomic E-state index is -0.607. The molecule has 0 spiro atoms. The van der Waals surface area contributed by atoms with Gasteiger partial charge in [-0.05, 0) is 31.4 Å². The molecule has 1 rings (SSSR count). The van der Waals surface area contributed by atoms with Gasteiger partial charge in [-0.15, -0.1) is 0 Å². The lowest BCUT2D eigenvalue weighted by molar-refractivity contribution is -0.139. The van der Waals surface area contributed by atoms with Gasteiger partial charge in [-0.25, -0.2) is 0 Å². The highest BCUT2D eigenvalue weighted by molar-refractivity contribution is 6.35. The molecule has 0 atom stereocenters. The highest BCUT2D eigenvalue weighted by Crippen LogP contribution is 2.05. The summed E-state index contributed by atoms with van der Waals surface area (Å²) in [6.45, 7) is 5.92. The maximum Gasteiger partial charge on any atom is 0.309 e. The van der Waals surface area contributed by atoms with Crippen LogP contribution in [0.2, 0.25) is 0 Å². The Morgan fingerprint density at radius 2 is 1.85 bits per heavy atom. The van der Waals surface area contributed by atoms with E-state index >= 15 is 0 Å². The second-order valence-corrected chi connectivity index (χ2v) is 4.42. The zero-order valence-corrected chi connectivity index (χ0v) is 12.1. The number of rotatable bonds is 7. The van der Waals surface area contributed by atoms with Crippen LogP contribution in [0.5, 0.6) is 0 Å². The molecule has 0 fully saturated rings. The smallest absolute Gasteiger partial charge is 0.309 e. The highest BCUT2D eigenvalue weighted by Gasteiger charge is 2.12. The molecule has 0 unspecified atom stereocenters. The molecule has 0 aliphatic carbocycles. The van der Waals surface area contributed by atoms with E-state index in [1.54, 1.807) is 0 Å². The fourth-order valence-corrected chi connectivity index (χ4v) is 1.66. The van der Waals surface area contributed by atoms with Crippen LogP contribution in [-0.4, -0.2) is 31.6 Å². The summed E-state index contributed by atoms with van der Waals surface area (Å²) >= 11 is 0. The molecule has 110 valence electrons. The topological polar surface area (TPSA) is 67.4 Å². The number of carbonyl (C=O) groups excluding carboxylic acids is 2. The van der Waals surface area contributed by atoms with Crippen LogP contribution in [0.3, 0.4) is 0 Å². The van der Waals surface area contributed by atoms with E-state index in [1.165, 1.54) is 0 Å². The second-order valence-electron chi connectivity index (χ2n) is 4.42. The maximum absolute atomic E-state index is 11.6. The number of hydrogen-bond donors (Lipinski definition) is 2. The van der Waals surface area contributed by atoms with Crippen molar-refractivity contribution in [3.05, 3.63) is 35.4 Å². The lowest BCUT2D eigenvalue weighted by Crippen LogP contribution is -2.40. The summed E-state index contributed by atoms with van der Waals surface area (Å²) in [5.74, 6) is -1.21. The lowest BCUT2D eigenvalue weighted by Gasteiger charge is -2.08. The van der Waals surface area contributed by atoms with Crippen LogP contribution in [0.1, 0.15) is 24.5 Å². The van der Waals surface area contributed by atoms with Crippen LogP contribution in [-0.2, 0) is 20.9 Å². The molecule has 1 aromatic rings. The van der Waals surface area contributed by atoms with Crippen molar-refractivity contribution in [1.29, 1.82) is 0 Å². The van der Waals surface area contributed by atoms with E-state index in [0.717, 1.165) is 11.1 Å². The Labute approximate surface area is 119 Å². The third kappa shape index (κ3) is 5.84. The van der Waals surface area contributed by atoms with E-state index in [0.29, 0.717) is 32.7 Å². The van der Waals surface area contributed by atoms with Crippen LogP contribution in [0, 0.1) is 6.92 Å². The molecule has 0 aliphatic heterocycles. The van der Waals surface area contributed by atoms with Gasteiger partial charge in [-0.2, -0.15) is 0 Å². The van der Waals surface area contributed by atoms with Crippen molar-refractivity contribution in [2.45, 2.75) is 26.8 Å². The number of benzene rings is 1. The Balaban J connectivity index is 2.25. The van der Waals surface area contributed by atoms with E-state index in [-0.39, 0.29) is 0 Å². The molecule has 2 N–H and O–H groups in total. The lowest BCUT2D eigenvalue weighted by atomic mass is 10.1. The predicted octanol–water partition coefficient (Wildman–Crippen LogP) is 1.15. The van der Waals surface area contributed by atoms with E-state index in [9.17, 15) is 9.59 Å². The van der Waals surface area contributed by atoms with Gasteiger partial charge in [0.1, 0.15) is 0 Å². The van der Waals surface area contributed by atoms with Crippen molar-refractivity contribution < 1.29 is 14.3 Å². The van der Waals surface area contributed by atoms with Gasteiger partial charge >= 0.3 is 11.8 Å². The Morgan fingerprint density at radius 1 is 1.15 bits per heavy atom. The molecule has 20 heavy (non-hydrogen) atoms. The second kappa shape index (κ2) is 9.09. The SMILES string of the molecule is CCOCCCNC(=O)C(=O)NCc1ccccc1C. The zero-order chi connectivity index (χ0) is 14.8. The quantitative estimate of drug-likeness (QED) is 0.581. The first-order chi connectivity index (χ1) is 9.65. The van der Waals surface area contributed by atoms with Crippen LogP contribution in [0.15, 0.2) is 24.3 Å². The number of hydrogen-bond acceptors (Lipinski definition) is 3. The van der Waals surface area contributed by atoms with E-state index in [2.05, 4.69) is 10.6 Å². The van der Waals surface area contributed by atoms with Crippen LogP contribution >= 0.6 is 0 Å². The molecule has 5 heteroatoms. The summed E-state index contributed by atoms with van der Waals surface area (Å²) < 4.78 is 5.14. The van der Waals surface area contributed by atoms with Gasteiger partial charge < -0.3 is 15.4 Å². The molecule has 0 saturated carbocycles. The van der Waals surface area contributed by atoms with Gasteiger partial charge in [0, 0.05) is 26.3 Å². The summed E-state index contributed by atoms with van der Waals surface area (Å²) in [6, 6.07) is 7.74. The molecule has 0 aliphatic rings. The number of nitrogens with one attached hydrogen (secondary N) is 2. The highest BCUT2D eigenvalue weighted by atomic mass is 16.5. The molecule has 1 aromatic carbocycles. The molecule has 0 aromatic heterocycles. The summed E-state index contributed by atoms with van der Waals surface area (Å²) in [4.78, 5) is 23.1. The number of ether oxygens (including phenoxy) is 1. The first-order valence-corrected chi connectivity index (χ1v) is 6.83. The van der Waals surface area contributed by atoms with Gasteiger partial charge in [0.15, 0.2) is 0 Å². The zero-order valence-electron chi connectivity index (χ0n) is 12.1. The number of carbonyl (C=O) groups is 2. The van der Waals surface area contributed by atoms with Crippen LogP contribution < -0.4 is 10.6 Å². The Kier molecular flexibility index (Phi) is 7.35. The van der Waals surface area contributed by atoms with Gasteiger partial charge in [-0.1, -0.05) is 24.3 Å². The van der Waals surface area contributed by atoms with Gasteiger partial charge in [0.25, 0.3) is 0 Å². The number of aryl methyl sites for hydroxylation is 1. The van der Waals surface area contributed by atoms with Gasteiger partial charge in [-0.3, -0.25) is 9.59 Å². The van der Waals surface area contributed by atoms with Gasteiger partial charge in [0.2, 0.25) is 0 Å². The van der Waals surface area contributed by atoms with Crippen molar-refractivity contribution in [3.8, 4) is 0 Å². The fourth-order valence-electron chi connectivity index (χ4n) is 1.66. The first kappa shape index (κ1) is 16.2. The van der Waals surface area contributed by atoms with Crippen molar-refractivity contribution in [1.82, 2.24) is 10.6 Å². The largest absolute Gasteiger partial charge is 0.382 e. The van der Waals surface area contributed by atoms with Crippen LogP contribution in [0.25, 0.3) is 0 Å². The predicted molar refractivity (Wildman–Crippen MR) is 77.1 cm³/mol.